The second-order valence-corrected chi connectivity index (χ2v) is 12.6. The van der Waals surface area contributed by atoms with Gasteiger partial charge in [0, 0.05) is 0 Å². The third-order valence-corrected chi connectivity index (χ3v) is 9.02. The molecule has 0 N–H and O–H groups in total. The molecule has 0 bridgehead atoms. The molecule has 0 atom stereocenters. The van der Waals surface area contributed by atoms with Crippen molar-refractivity contribution >= 4 is 25.2 Å². The second-order valence-electron chi connectivity index (χ2n) is 12.6. The van der Waals surface area contributed by atoms with E-state index < -0.39 is 42.1 Å². The number of rotatable bonds is 2. The molecule has 4 nitrogen and oxygen atoms in total. The van der Waals surface area contributed by atoms with Crippen LogP contribution in [0.15, 0.2) is 36.4 Å². The fourth-order valence-electron chi connectivity index (χ4n) is 5.18. The normalized spacial score (nSPS) is 22.4. The molecule has 2 heterocycles. The molecule has 192 valence electrons. The largest absolute Gasteiger partial charge is 0.494 e. The molecular weight excluding hydrogens is 470 g/mol. The molecule has 0 unspecified atom stereocenters. The van der Waals surface area contributed by atoms with Gasteiger partial charge < -0.3 is 18.6 Å². The maximum absolute atomic E-state index is 6.36. The summed E-state index contributed by atoms with van der Waals surface area (Å²) in [5.41, 5.74) is 4.01. The van der Waals surface area contributed by atoms with E-state index >= 15 is 0 Å². The minimum atomic E-state index is -0.632. The highest BCUT2D eigenvalue weighted by Crippen LogP contribution is 2.48. The van der Waals surface area contributed by atoms with E-state index in [1.807, 2.05) is 0 Å². The van der Waals surface area contributed by atoms with E-state index in [0.717, 1.165) is 33.2 Å². The van der Waals surface area contributed by atoms with Crippen molar-refractivity contribution in [3.05, 3.63) is 47.5 Å². The molecule has 0 radical (unpaired) electrons. The highest BCUT2D eigenvalue weighted by Gasteiger charge is 2.53. The summed E-state index contributed by atoms with van der Waals surface area (Å²) in [6.07, 6.45) is 5.33. The maximum Gasteiger partial charge on any atom is 0.494 e. The standard InChI is InChI=1S/C32H34B2O4/c1-11-12-13-14-19-32(10)26-20-22(33-35-28(2,3)29(4,5)36-33)15-17-24(26)25-18-16-23(21-27(25)32)34-37-30(6,7)31(8,9)38-34/h1,15-18,20-21H,2-10H3. The summed E-state index contributed by atoms with van der Waals surface area (Å²) in [5, 5.41) is 0. The van der Waals surface area contributed by atoms with E-state index in [2.05, 4.69) is 128 Å². The Hall–Kier alpha value is -2.91. The highest BCUT2D eigenvalue weighted by atomic mass is 16.7. The lowest BCUT2D eigenvalue weighted by atomic mass is 9.72. The monoisotopic (exact) mass is 504 g/mol. The molecular formula is C32H34B2O4. The van der Waals surface area contributed by atoms with Crippen molar-refractivity contribution < 1.29 is 18.6 Å². The molecule has 2 aliphatic heterocycles. The number of hydrogen-bond acceptors (Lipinski definition) is 4. The van der Waals surface area contributed by atoms with Gasteiger partial charge >= 0.3 is 14.2 Å². The molecule has 0 amide bonds. The molecule has 3 aliphatic rings. The van der Waals surface area contributed by atoms with Crippen molar-refractivity contribution in [2.75, 3.05) is 0 Å². The lowest BCUT2D eigenvalue weighted by Gasteiger charge is -2.32. The van der Waals surface area contributed by atoms with Crippen molar-refractivity contribution in [1.82, 2.24) is 0 Å². The first-order valence-electron chi connectivity index (χ1n) is 13.1. The Bertz CT molecular complexity index is 1370. The minimum absolute atomic E-state index is 0.425. The zero-order chi connectivity index (χ0) is 27.7. The third-order valence-electron chi connectivity index (χ3n) is 9.02. The van der Waals surface area contributed by atoms with E-state index in [0.29, 0.717) is 0 Å². The number of terminal acetylenes is 1. The predicted octanol–water partition coefficient (Wildman–Crippen LogP) is 4.21. The average Bonchev–Trinajstić information content (AvgIpc) is 3.31. The Kier molecular flexibility index (Phi) is 6.00. The smallest absolute Gasteiger partial charge is 0.399 e. The van der Waals surface area contributed by atoms with Gasteiger partial charge in [0.2, 0.25) is 0 Å². The van der Waals surface area contributed by atoms with Gasteiger partial charge in [-0.2, -0.15) is 0 Å². The topological polar surface area (TPSA) is 36.9 Å². The fraction of sp³-hybridized carbons (Fsp3) is 0.438. The minimum Gasteiger partial charge on any atom is -0.399 e. The van der Waals surface area contributed by atoms with E-state index in [1.165, 1.54) is 0 Å². The van der Waals surface area contributed by atoms with Crippen molar-refractivity contribution in [3.63, 3.8) is 0 Å². The summed E-state index contributed by atoms with van der Waals surface area (Å²) in [6.45, 7) is 18.6. The van der Waals surface area contributed by atoms with Crippen LogP contribution in [-0.2, 0) is 24.0 Å². The van der Waals surface area contributed by atoms with Gasteiger partial charge in [-0.25, -0.2) is 0 Å². The second kappa shape index (κ2) is 8.55. The van der Waals surface area contributed by atoms with E-state index in [1.54, 1.807) is 0 Å². The SMILES string of the molecule is C#CC#CC#CC1(C)c2cc(B3OC(C)(C)C(C)(C)O3)ccc2-c2ccc(B3OC(C)(C)C(C)(C)O3)cc21. The maximum atomic E-state index is 6.36. The Morgan fingerprint density at radius 2 is 0.974 bits per heavy atom. The summed E-state index contributed by atoms with van der Waals surface area (Å²) in [4.78, 5) is 0. The molecule has 5 rings (SSSR count). The first-order valence-corrected chi connectivity index (χ1v) is 13.1. The van der Waals surface area contributed by atoms with Crippen LogP contribution in [0.2, 0.25) is 0 Å². The van der Waals surface area contributed by atoms with Gasteiger partial charge in [-0.1, -0.05) is 42.3 Å². The van der Waals surface area contributed by atoms with Crippen LogP contribution in [-0.4, -0.2) is 36.6 Å². The quantitative estimate of drug-likeness (QED) is 0.454. The number of hydrogen-bond donors (Lipinski definition) is 0. The summed E-state index contributed by atoms with van der Waals surface area (Å²) in [7, 11) is -0.930. The molecule has 0 aromatic heterocycles. The van der Waals surface area contributed by atoms with Gasteiger partial charge in [0.1, 0.15) is 0 Å². The van der Waals surface area contributed by atoms with E-state index in [-0.39, 0.29) is 0 Å². The highest BCUT2D eigenvalue weighted by molar-refractivity contribution is 6.62. The molecule has 0 saturated carbocycles. The van der Waals surface area contributed by atoms with Crippen molar-refractivity contribution in [2.45, 2.75) is 90.1 Å². The zero-order valence-corrected chi connectivity index (χ0v) is 23.8. The van der Waals surface area contributed by atoms with Crippen LogP contribution in [0.1, 0.15) is 73.4 Å². The first-order chi connectivity index (χ1) is 17.6. The predicted molar refractivity (Wildman–Crippen MR) is 154 cm³/mol. The lowest BCUT2D eigenvalue weighted by Crippen LogP contribution is -2.41. The lowest BCUT2D eigenvalue weighted by molar-refractivity contribution is 0.00578. The fourth-order valence-corrected chi connectivity index (χ4v) is 5.18. The molecule has 2 fully saturated rings. The molecule has 2 aromatic carbocycles. The Labute approximate surface area is 228 Å². The molecule has 6 heteroatoms. The van der Waals surface area contributed by atoms with Crippen molar-refractivity contribution in [1.29, 1.82) is 0 Å². The number of benzene rings is 2. The van der Waals surface area contributed by atoms with Crippen LogP contribution >= 0.6 is 0 Å². The Morgan fingerprint density at radius 1 is 0.579 bits per heavy atom. The molecule has 2 aromatic rings. The van der Waals surface area contributed by atoms with Crippen LogP contribution in [0.3, 0.4) is 0 Å². The molecule has 1 aliphatic carbocycles. The van der Waals surface area contributed by atoms with Crippen LogP contribution in [0, 0.1) is 36.0 Å². The van der Waals surface area contributed by atoms with Crippen LogP contribution in [0.5, 0.6) is 0 Å². The first kappa shape index (κ1) is 26.7. The van der Waals surface area contributed by atoms with Gasteiger partial charge in [-0.05, 0) is 119 Å². The van der Waals surface area contributed by atoms with Crippen LogP contribution in [0.25, 0.3) is 11.1 Å². The van der Waals surface area contributed by atoms with Gasteiger partial charge in [0.25, 0.3) is 0 Å². The van der Waals surface area contributed by atoms with Gasteiger partial charge in [0.15, 0.2) is 0 Å². The zero-order valence-electron chi connectivity index (χ0n) is 23.8. The van der Waals surface area contributed by atoms with Crippen LogP contribution in [0.4, 0.5) is 0 Å². The van der Waals surface area contributed by atoms with E-state index in [9.17, 15) is 0 Å². The van der Waals surface area contributed by atoms with E-state index in [4.69, 9.17) is 25.0 Å². The molecule has 38 heavy (non-hydrogen) atoms. The average molecular weight is 504 g/mol. The Morgan fingerprint density at radius 3 is 1.34 bits per heavy atom. The van der Waals surface area contributed by atoms with Crippen molar-refractivity contribution in [3.8, 4) is 47.2 Å². The number of fused-ring (bicyclic) bond motifs is 3. The van der Waals surface area contributed by atoms with Crippen LogP contribution < -0.4 is 10.9 Å². The van der Waals surface area contributed by atoms with Gasteiger partial charge in [-0.3, -0.25) is 0 Å². The van der Waals surface area contributed by atoms with Gasteiger partial charge in [0.05, 0.1) is 27.8 Å². The third kappa shape index (κ3) is 4.02. The summed E-state index contributed by atoms with van der Waals surface area (Å²) in [6, 6.07) is 12.8. The van der Waals surface area contributed by atoms with Gasteiger partial charge in [-0.15, -0.1) is 6.42 Å². The summed E-state index contributed by atoms with van der Waals surface area (Å²) in [5.74, 6) is 14.2. The summed E-state index contributed by atoms with van der Waals surface area (Å²) >= 11 is 0. The Balaban J connectivity index is 1.61. The molecule has 2 saturated heterocycles. The summed E-state index contributed by atoms with van der Waals surface area (Å²) < 4.78 is 25.4. The molecule has 0 spiro atoms. The van der Waals surface area contributed by atoms with Crippen molar-refractivity contribution in [2.24, 2.45) is 0 Å².